The average molecular weight is 419 g/mol. The highest BCUT2D eigenvalue weighted by Gasteiger charge is 2.17. The van der Waals surface area contributed by atoms with Crippen molar-refractivity contribution in [3.05, 3.63) is 58.7 Å². The molecule has 1 N–H and O–H groups in total. The predicted octanol–water partition coefficient (Wildman–Crippen LogP) is 4.31. The van der Waals surface area contributed by atoms with Crippen molar-refractivity contribution >= 4 is 32.9 Å². The van der Waals surface area contributed by atoms with Gasteiger partial charge < -0.3 is 14.6 Å². The van der Waals surface area contributed by atoms with Crippen molar-refractivity contribution in [1.82, 2.24) is 24.8 Å². The number of anilines is 1. The maximum atomic E-state index is 5.41. The monoisotopic (exact) mass is 418 g/mol. The summed E-state index contributed by atoms with van der Waals surface area (Å²) >= 11 is 1.57. The highest BCUT2D eigenvalue weighted by Crippen LogP contribution is 2.30. The van der Waals surface area contributed by atoms with Crippen LogP contribution in [0, 0.1) is 6.92 Å². The zero-order valence-electron chi connectivity index (χ0n) is 17.3. The number of fused-ring (bicyclic) bond motifs is 2. The molecule has 0 spiro atoms. The first-order valence-corrected chi connectivity index (χ1v) is 10.5. The van der Waals surface area contributed by atoms with Gasteiger partial charge in [0.25, 0.3) is 0 Å². The molecule has 0 fully saturated rings. The number of hydrogen-bond donors (Lipinski definition) is 1. The smallest absolute Gasteiger partial charge is 0.234 e. The second-order valence-corrected chi connectivity index (χ2v) is 8.51. The Bertz CT molecular complexity index is 1350. The third-order valence-corrected chi connectivity index (χ3v) is 6.23. The van der Waals surface area contributed by atoms with Crippen molar-refractivity contribution in [2.24, 2.45) is 0 Å². The van der Waals surface area contributed by atoms with E-state index in [9.17, 15) is 0 Å². The highest BCUT2D eigenvalue weighted by atomic mass is 32.1. The Morgan fingerprint density at radius 1 is 1.10 bits per heavy atom. The zero-order chi connectivity index (χ0) is 20.8. The summed E-state index contributed by atoms with van der Waals surface area (Å²) in [5, 5.41) is 15.7. The largest absolute Gasteiger partial charge is 0.497 e. The van der Waals surface area contributed by atoms with Gasteiger partial charge in [-0.15, -0.1) is 10.2 Å². The molecule has 152 valence electrons. The Morgan fingerprint density at radius 3 is 2.63 bits per heavy atom. The molecule has 0 aliphatic heterocycles. The first kappa shape index (κ1) is 18.6. The number of rotatable bonds is 5. The van der Waals surface area contributed by atoms with Gasteiger partial charge in [0.15, 0.2) is 5.82 Å². The Kier molecular flexibility index (Phi) is 4.43. The van der Waals surface area contributed by atoms with Crippen molar-refractivity contribution < 1.29 is 4.74 Å². The number of hydrogen-bond acceptors (Lipinski definition) is 6. The molecule has 7 nitrogen and oxygen atoms in total. The molecule has 0 unspecified atom stereocenters. The molecule has 0 aliphatic rings. The van der Waals surface area contributed by atoms with Crippen molar-refractivity contribution in [2.75, 3.05) is 26.1 Å². The number of aromatic amines is 1. The number of aromatic nitrogens is 5. The van der Waals surface area contributed by atoms with Crippen molar-refractivity contribution in [1.29, 1.82) is 0 Å². The van der Waals surface area contributed by atoms with Gasteiger partial charge in [0.2, 0.25) is 4.96 Å². The fraction of sp³-hybridized carbons (Fsp3) is 0.227. The van der Waals surface area contributed by atoms with Crippen LogP contribution in [-0.4, -0.2) is 46.0 Å². The molecule has 2 aromatic carbocycles. The van der Waals surface area contributed by atoms with Gasteiger partial charge in [0.05, 0.1) is 7.11 Å². The summed E-state index contributed by atoms with van der Waals surface area (Å²) in [7, 11) is 5.74. The minimum atomic E-state index is 0.728. The van der Waals surface area contributed by atoms with Crippen LogP contribution < -0.4 is 9.64 Å². The molecule has 30 heavy (non-hydrogen) atoms. The van der Waals surface area contributed by atoms with Gasteiger partial charge in [-0.25, -0.2) is 0 Å². The fourth-order valence-electron chi connectivity index (χ4n) is 3.68. The third kappa shape index (κ3) is 3.09. The van der Waals surface area contributed by atoms with Gasteiger partial charge in [-0.3, -0.25) is 0 Å². The molecule has 0 atom stereocenters. The third-order valence-electron chi connectivity index (χ3n) is 5.33. The van der Waals surface area contributed by atoms with Gasteiger partial charge >= 0.3 is 0 Å². The molecule has 5 rings (SSSR count). The molecule has 0 radical (unpaired) electrons. The Hall–Kier alpha value is -3.39. The first-order chi connectivity index (χ1) is 14.5. The summed E-state index contributed by atoms with van der Waals surface area (Å²) < 4.78 is 7.25. The molecule has 0 aliphatic carbocycles. The van der Waals surface area contributed by atoms with Gasteiger partial charge in [-0.1, -0.05) is 11.3 Å². The maximum absolute atomic E-state index is 5.41. The van der Waals surface area contributed by atoms with E-state index in [0.29, 0.717) is 0 Å². The van der Waals surface area contributed by atoms with Crippen LogP contribution in [0.3, 0.4) is 0 Å². The van der Waals surface area contributed by atoms with E-state index >= 15 is 0 Å². The molecule has 0 saturated carbocycles. The summed E-state index contributed by atoms with van der Waals surface area (Å²) in [6.45, 7) is 2.10. The van der Waals surface area contributed by atoms with Crippen LogP contribution in [0.2, 0.25) is 0 Å². The number of H-pyrrole nitrogens is 1. The zero-order valence-corrected chi connectivity index (χ0v) is 18.1. The van der Waals surface area contributed by atoms with Crippen LogP contribution in [0.1, 0.15) is 16.3 Å². The van der Waals surface area contributed by atoms with Crippen LogP contribution in [0.4, 0.5) is 5.69 Å². The molecule has 5 aromatic rings. The molecule has 8 heteroatoms. The van der Waals surface area contributed by atoms with Gasteiger partial charge in [-0.05, 0) is 55.0 Å². The molecule has 0 amide bonds. The lowest BCUT2D eigenvalue weighted by Gasteiger charge is -2.11. The SMILES string of the molecule is COc1ccc2[nH]c(C)c(Cc3nn4c(-c5ccc(N(C)C)cc5)nnc4s3)c2c1. The Labute approximate surface area is 177 Å². The lowest BCUT2D eigenvalue weighted by Crippen LogP contribution is -2.08. The normalized spacial score (nSPS) is 11.5. The molecular formula is C22H22N6OS. The minimum absolute atomic E-state index is 0.728. The molecule has 0 bridgehead atoms. The van der Waals surface area contributed by atoms with Gasteiger partial charge in [0, 0.05) is 48.4 Å². The van der Waals surface area contributed by atoms with Crippen LogP contribution in [-0.2, 0) is 6.42 Å². The summed E-state index contributed by atoms with van der Waals surface area (Å²) in [6, 6.07) is 14.4. The number of nitrogens with zero attached hydrogens (tertiary/aromatic N) is 5. The van der Waals surface area contributed by atoms with Crippen LogP contribution >= 0.6 is 11.3 Å². The predicted molar refractivity (Wildman–Crippen MR) is 121 cm³/mol. The average Bonchev–Trinajstić information content (AvgIpc) is 3.41. The number of ether oxygens (including phenoxy) is 1. The summed E-state index contributed by atoms with van der Waals surface area (Å²) in [6.07, 6.45) is 0.728. The minimum Gasteiger partial charge on any atom is -0.497 e. The number of nitrogens with one attached hydrogen (secondary N) is 1. The fourth-order valence-corrected chi connectivity index (χ4v) is 4.53. The topological polar surface area (TPSA) is 71.3 Å². The van der Waals surface area contributed by atoms with E-state index in [1.165, 1.54) is 5.56 Å². The molecular weight excluding hydrogens is 396 g/mol. The lowest BCUT2D eigenvalue weighted by atomic mass is 10.1. The molecule has 3 heterocycles. The van der Waals surface area contributed by atoms with Gasteiger partial charge in [0.1, 0.15) is 10.8 Å². The van der Waals surface area contributed by atoms with Gasteiger partial charge in [-0.2, -0.15) is 9.61 Å². The van der Waals surface area contributed by atoms with E-state index in [4.69, 9.17) is 9.84 Å². The van der Waals surface area contributed by atoms with Crippen LogP contribution in [0.25, 0.3) is 27.3 Å². The second-order valence-electron chi connectivity index (χ2n) is 7.47. The van der Waals surface area contributed by atoms with Crippen LogP contribution in [0.5, 0.6) is 5.75 Å². The molecule has 3 aromatic heterocycles. The Balaban J connectivity index is 1.51. The molecule has 0 saturated heterocycles. The summed E-state index contributed by atoms with van der Waals surface area (Å²) in [5.74, 6) is 1.61. The van der Waals surface area contributed by atoms with Crippen molar-refractivity contribution in [2.45, 2.75) is 13.3 Å². The number of aryl methyl sites for hydroxylation is 1. The standard InChI is InChI=1S/C22H22N6OS/c1-13-17(18-11-16(29-4)9-10-19(18)23-13)12-20-26-28-21(24-25-22(28)30-20)14-5-7-15(8-6-14)27(2)3/h5-11,23H,12H2,1-4H3. The van der Waals surface area contributed by atoms with E-state index in [2.05, 4.69) is 63.4 Å². The summed E-state index contributed by atoms with van der Waals surface area (Å²) in [5.41, 5.74) is 5.61. The number of benzene rings is 2. The lowest BCUT2D eigenvalue weighted by molar-refractivity contribution is 0.415. The first-order valence-electron chi connectivity index (χ1n) is 9.67. The van der Waals surface area contributed by atoms with E-state index in [1.807, 2.05) is 24.7 Å². The van der Waals surface area contributed by atoms with E-state index < -0.39 is 0 Å². The van der Waals surface area contributed by atoms with E-state index in [-0.39, 0.29) is 0 Å². The Morgan fingerprint density at radius 2 is 1.90 bits per heavy atom. The van der Waals surface area contributed by atoms with Crippen molar-refractivity contribution in [3.8, 4) is 17.1 Å². The quantitative estimate of drug-likeness (QED) is 0.461. The number of methoxy groups -OCH3 is 1. The highest BCUT2D eigenvalue weighted by molar-refractivity contribution is 7.16. The second kappa shape index (κ2) is 7.14. The van der Waals surface area contributed by atoms with Crippen molar-refractivity contribution in [3.63, 3.8) is 0 Å². The maximum Gasteiger partial charge on any atom is 0.234 e. The van der Waals surface area contributed by atoms with Crippen LogP contribution in [0.15, 0.2) is 42.5 Å². The van der Waals surface area contributed by atoms with E-state index in [0.717, 1.165) is 55.8 Å². The summed E-state index contributed by atoms with van der Waals surface area (Å²) in [4.78, 5) is 6.33. The van der Waals surface area contributed by atoms with E-state index in [1.54, 1.807) is 18.4 Å².